The van der Waals surface area contributed by atoms with E-state index in [-0.39, 0.29) is 110 Å². The van der Waals surface area contributed by atoms with Crippen molar-refractivity contribution in [2.75, 3.05) is 112 Å². The van der Waals surface area contributed by atoms with Gasteiger partial charge in [-0.25, -0.2) is 0 Å². The molecule has 22 nitrogen and oxygen atoms in total. The second-order valence-electron chi connectivity index (χ2n) is 14.3. The van der Waals surface area contributed by atoms with Crippen molar-refractivity contribution in [2.45, 2.75) is 87.6 Å². The first kappa shape index (κ1) is 52.5. The number of hydrogen-bond acceptors (Lipinski definition) is 18. The van der Waals surface area contributed by atoms with E-state index in [0.717, 1.165) is 0 Å². The number of aliphatic hydroxyl groups is 6. The minimum atomic E-state index is -1.24. The van der Waals surface area contributed by atoms with Crippen molar-refractivity contribution in [2.24, 2.45) is 11.8 Å². The van der Waals surface area contributed by atoms with Crippen LogP contribution in [0.5, 0.6) is 0 Å². The zero-order valence-corrected chi connectivity index (χ0v) is 33.7. The number of rotatable bonds is 34. The smallest absolute Gasteiger partial charge is 0.322 e. The van der Waals surface area contributed by atoms with Crippen LogP contribution in [0.3, 0.4) is 0 Å². The first-order valence-corrected chi connectivity index (χ1v) is 20.1. The second-order valence-corrected chi connectivity index (χ2v) is 14.3. The molecule has 344 valence electrons. The monoisotopic (exact) mass is 857 g/mol. The van der Waals surface area contributed by atoms with Crippen LogP contribution >= 0.6 is 0 Å². The van der Waals surface area contributed by atoms with Crippen LogP contribution in [-0.4, -0.2) is 214 Å². The summed E-state index contributed by atoms with van der Waals surface area (Å²) in [5.74, 6) is -3.73. The van der Waals surface area contributed by atoms with E-state index in [1.807, 2.05) is 0 Å². The van der Waals surface area contributed by atoms with Crippen molar-refractivity contribution in [3.63, 3.8) is 0 Å². The van der Waals surface area contributed by atoms with Crippen LogP contribution in [0.15, 0.2) is 0 Å². The molecule has 0 saturated heterocycles. The second kappa shape index (κ2) is 32.1. The highest BCUT2D eigenvalue weighted by molar-refractivity contribution is 5.89. The molecule has 0 aliphatic heterocycles. The highest BCUT2D eigenvalue weighted by Gasteiger charge is 2.37. The molecular formula is C37H67N3O19. The van der Waals surface area contributed by atoms with Gasteiger partial charge in [-0.3, -0.25) is 19.2 Å². The van der Waals surface area contributed by atoms with Gasteiger partial charge in [0.2, 0.25) is 17.7 Å². The number of nitrogens with one attached hydrogen (secondary N) is 3. The molecule has 0 aromatic rings. The SMILES string of the molecule is O=C(O)CNC(=O)[C@H](CCCCNC(=O)COCCOCCOCCO[C@@H]1C[C@H](CO)[C@H](O)[C@H](O)C1)NC(=O)COCCOCCOCO[C@@H]1C[C@H](CO)[C@H](O)[C@H](O)C1. The van der Waals surface area contributed by atoms with E-state index < -0.39 is 66.6 Å². The van der Waals surface area contributed by atoms with Gasteiger partial charge in [-0.15, -0.1) is 0 Å². The molecule has 3 amide bonds. The molecule has 0 aromatic carbocycles. The molecule has 0 radical (unpaired) electrons. The van der Waals surface area contributed by atoms with Gasteiger partial charge < -0.3 is 89.6 Å². The summed E-state index contributed by atoms with van der Waals surface area (Å²) in [4.78, 5) is 48.0. The van der Waals surface area contributed by atoms with Gasteiger partial charge in [0, 0.05) is 44.4 Å². The fourth-order valence-corrected chi connectivity index (χ4v) is 6.36. The number of ether oxygens (including phenoxy) is 8. The highest BCUT2D eigenvalue weighted by atomic mass is 16.7. The number of aliphatic carboxylic acids is 1. The molecule has 2 aliphatic rings. The van der Waals surface area contributed by atoms with E-state index in [1.54, 1.807) is 0 Å². The first-order chi connectivity index (χ1) is 28.4. The van der Waals surface area contributed by atoms with Gasteiger partial charge in [-0.05, 0) is 32.1 Å². The van der Waals surface area contributed by atoms with Crippen molar-refractivity contribution in [1.29, 1.82) is 0 Å². The number of carbonyl (C=O) groups excluding carboxylic acids is 3. The van der Waals surface area contributed by atoms with Crippen molar-refractivity contribution < 1.29 is 92.8 Å². The topological polar surface area (TPSA) is 320 Å². The van der Waals surface area contributed by atoms with E-state index in [1.165, 1.54) is 0 Å². The lowest BCUT2D eigenvalue weighted by Crippen LogP contribution is -2.48. The van der Waals surface area contributed by atoms with Gasteiger partial charge in [-0.2, -0.15) is 0 Å². The molecule has 0 unspecified atom stereocenters. The Morgan fingerprint density at radius 2 is 1.07 bits per heavy atom. The van der Waals surface area contributed by atoms with Crippen molar-refractivity contribution in [3.05, 3.63) is 0 Å². The third-order valence-corrected chi connectivity index (χ3v) is 9.59. The molecule has 9 atom stereocenters. The van der Waals surface area contributed by atoms with Crippen LogP contribution < -0.4 is 16.0 Å². The van der Waals surface area contributed by atoms with E-state index in [2.05, 4.69) is 16.0 Å². The third kappa shape index (κ3) is 23.8. The van der Waals surface area contributed by atoms with E-state index in [9.17, 15) is 49.8 Å². The molecule has 2 aliphatic carbocycles. The Morgan fingerprint density at radius 3 is 1.61 bits per heavy atom. The third-order valence-electron chi connectivity index (χ3n) is 9.59. The quantitative estimate of drug-likeness (QED) is 0.0218. The Morgan fingerprint density at radius 1 is 0.576 bits per heavy atom. The highest BCUT2D eigenvalue weighted by Crippen LogP contribution is 2.28. The average Bonchev–Trinajstić information content (AvgIpc) is 3.21. The van der Waals surface area contributed by atoms with Gasteiger partial charge in [0.1, 0.15) is 32.6 Å². The summed E-state index contributed by atoms with van der Waals surface area (Å²) in [5, 5.41) is 74.5. The lowest BCUT2D eigenvalue weighted by Gasteiger charge is -2.35. The molecule has 0 spiro atoms. The van der Waals surface area contributed by atoms with Gasteiger partial charge >= 0.3 is 5.97 Å². The fourth-order valence-electron chi connectivity index (χ4n) is 6.36. The summed E-state index contributed by atoms with van der Waals surface area (Å²) in [7, 11) is 0. The number of aliphatic hydroxyl groups excluding tert-OH is 6. The van der Waals surface area contributed by atoms with Gasteiger partial charge in [0.15, 0.2) is 0 Å². The Hall–Kier alpha value is -2.68. The van der Waals surface area contributed by atoms with Crippen molar-refractivity contribution in [1.82, 2.24) is 16.0 Å². The normalized spacial score (nSPS) is 25.0. The lowest BCUT2D eigenvalue weighted by molar-refractivity contribution is -0.153. The number of carboxylic acids is 1. The maximum Gasteiger partial charge on any atom is 0.322 e. The molecule has 59 heavy (non-hydrogen) atoms. The Kier molecular flexibility index (Phi) is 28.5. The number of unbranched alkanes of at least 4 members (excludes halogenated alkanes) is 1. The van der Waals surface area contributed by atoms with Crippen LogP contribution in [0, 0.1) is 11.8 Å². The maximum absolute atomic E-state index is 12.6. The van der Waals surface area contributed by atoms with Crippen LogP contribution in [0.4, 0.5) is 0 Å². The predicted molar refractivity (Wildman–Crippen MR) is 203 cm³/mol. The summed E-state index contributed by atoms with van der Waals surface area (Å²) in [5.41, 5.74) is 0. The van der Waals surface area contributed by atoms with Gasteiger partial charge in [0.05, 0.1) is 103 Å². The maximum atomic E-state index is 12.6. The Balaban J connectivity index is 1.46. The minimum absolute atomic E-state index is 0.0517. The zero-order chi connectivity index (χ0) is 43.3. The van der Waals surface area contributed by atoms with Gasteiger partial charge in [0.25, 0.3) is 0 Å². The largest absolute Gasteiger partial charge is 0.480 e. The zero-order valence-electron chi connectivity index (χ0n) is 33.7. The Labute approximate surface area is 344 Å². The molecule has 22 heteroatoms. The van der Waals surface area contributed by atoms with Crippen molar-refractivity contribution >= 4 is 23.7 Å². The van der Waals surface area contributed by atoms with Crippen LogP contribution in [0.25, 0.3) is 0 Å². The summed E-state index contributed by atoms with van der Waals surface area (Å²) in [6.07, 6.45) is -1.98. The number of amides is 3. The van der Waals surface area contributed by atoms with E-state index in [0.29, 0.717) is 58.5 Å². The fraction of sp³-hybridized carbons (Fsp3) is 0.892. The first-order valence-electron chi connectivity index (χ1n) is 20.1. The van der Waals surface area contributed by atoms with Crippen molar-refractivity contribution in [3.8, 4) is 0 Å². The van der Waals surface area contributed by atoms with E-state index >= 15 is 0 Å². The average molecular weight is 858 g/mol. The minimum Gasteiger partial charge on any atom is -0.480 e. The number of hydrogen-bond donors (Lipinski definition) is 10. The summed E-state index contributed by atoms with van der Waals surface area (Å²) < 4.78 is 43.5. The molecule has 0 aromatic heterocycles. The van der Waals surface area contributed by atoms with Crippen LogP contribution in [-0.2, 0) is 57.1 Å². The number of carbonyl (C=O) groups is 4. The molecule has 0 heterocycles. The van der Waals surface area contributed by atoms with E-state index in [4.69, 9.17) is 43.0 Å². The van der Waals surface area contributed by atoms with Crippen LogP contribution in [0.1, 0.15) is 44.9 Å². The summed E-state index contributed by atoms with van der Waals surface area (Å²) >= 11 is 0. The molecule has 2 saturated carbocycles. The predicted octanol–water partition coefficient (Wildman–Crippen LogP) is -3.97. The van der Waals surface area contributed by atoms with Gasteiger partial charge in [-0.1, -0.05) is 0 Å². The standard InChI is InChI=1S/C37H67N3O19/c41-20-25-15-27(17-30(43)35(25)49)58-14-13-54-6-5-52-7-10-55-22-32(45)38-4-2-1-3-29(37(51)39-19-34(47)48)40-33(46)23-56-11-8-53-9-12-57-24-59-28-16-26(21-42)36(50)31(44)18-28/h25-31,35-36,41-44,49-50H,1-24H2,(H,38,45)(H,39,51)(H,40,46)(H,47,48)/t25-,26-,27-,28-,29+,30-,31-,35+,36+/m1/s1. The molecular weight excluding hydrogens is 790 g/mol. The summed E-state index contributed by atoms with van der Waals surface area (Å²) in [6.45, 7) is 0.896. The summed E-state index contributed by atoms with van der Waals surface area (Å²) in [6, 6.07) is -1.02. The molecule has 0 bridgehead atoms. The Bertz CT molecular complexity index is 1160. The molecule has 2 rings (SSSR count). The lowest BCUT2D eigenvalue weighted by atomic mass is 9.83. The molecule has 10 N–H and O–H groups in total. The van der Waals surface area contributed by atoms with Crippen LogP contribution in [0.2, 0.25) is 0 Å². The number of carboxylic acid groups (broad SMARTS) is 1. The molecule has 2 fully saturated rings.